The molecular formula is C17H19N3O. The van der Waals surface area contributed by atoms with Crippen molar-refractivity contribution in [2.24, 2.45) is 5.92 Å². The summed E-state index contributed by atoms with van der Waals surface area (Å²) in [4.78, 5) is 21.2. The van der Waals surface area contributed by atoms with E-state index in [1.54, 1.807) is 6.08 Å². The highest BCUT2D eigenvalue weighted by atomic mass is 16.2. The lowest BCUT2D eigenvalue weighted by atomic mass is 10.00. The molecule has 1 saturated heterocycles. The molecule has 4 nitrogen and oxygen atoms in total. The minimum atomic E-state index is 0.0989. The topological polar surface area (TPSA) is 49.0 Å². The Morgan fingerprint density at radius 2 is 2.24 bits per heavy atom. The number of nitrogens with one attached hydrogen (secondary N) is 1. The third kappa shape index (κ3) is 3.60. The number of nitrogens with zero attached hydrogens (tertiary/aromatic N) is 2. The van der Waals surface area contributed by atoms with Crippen molar-refractivity contribution < 1.29 is 4.79 Å². The Morgan fingerprint density at radius 3 is 3.00 bits per heavy atom. The lowest BCUT2D eigenvalue weighted by Gasteiger charge is -2.14. The summed E-state index contributed by atoms with van der Waals surface area (Å²) in [5.41, 5.74) is 2.25. The smallest absolute Gasteiger partial charge is 0.246 e. The van der Waals surface area contributed by atoms with Crippen LogP contribution in [-0.4, -0.2) is 33.9 Å². The summed E-state index contributed by atoms with van der Waals surface area (Å²) < 4.78 is 0. The zero-order valence-electron chi connectivity index (χ0n) is 11.9. The van der Waals surface area contributed by atoms with Crippen molar-refractivity contribution in [1.29, 1.82) is 0 Å². The Morgan fingerprint density at radius 1 is 1.38 bits per heavy atom. The van der Waals surface area contributed by atoms with Crippen LogP contribution in [0.15, 0.2) is 48.9 Å². The summed E-state index contributed by atoms with van der Waals surface area (Å²) in [6.45, 7) is 1.69. The van der Waals surface area contributed by atoms with Gasteiger partial charge in [-0.3, -0.25) is 9.78 Å². The second-order valence-corrected chi connectivity index (χ2v) is 5.46. The van der Waals surface area contributed by atoms with Gasteiger partial charge in [0.2, 0.25) is 5.91 Å². The van der Waals surface area contributed by atoms with Crippen LogP contribution in [0.1, 0.15) is 17.7 Å². The van der Waals surface area contributed by atoms with E-state index in [-0.39, 0.29) is 5.91 Å². The van der Waals surface area contributed by atoms with Crippen molar-refractivity contribution in [3.8, 4) is 0 Å². The summed E-state index contributed by atoms with van der Waals surface area (Å²) in [5.74, 6) is 0.650. The quantitative estimate of drug-likeness (QED) is 0.875. The molecule has 0 bridgehead atoms. The summed E-state index contributed by atoms with van der Waals surface area (Å²) >= 11 is 0. The van der Waals surface area contributed by atoms with Gasteiger partial charge in [-0.15, -0.1) is 0 Å². The number of carbonyl (C=O) groups is 1. The standard InChI is InChI=1S/C17H19N3O/c21-17(4-3-16-2-1-8-19-16)20-11-7-15(13-20)12-14-5-9-18-10-6-14/h1-6,8-10,15,19H,7,11-13H2/b4-3+. The van der Waals surface area contributed by atoms with Crippen LogP contribution in [0.5, 0.6) is 0 Å². The summed E-state index contributed by atoms with van der Waals surface area (Å²) in [6, 6.07) is 7.97. The number of likely N-dealkylation sites (tertiary alicyclic amines) is 1. The molecule has 0 aromatic carbocycles. The van der Waals surface area contributed by atoms with E-state index in [4.69, 9.17) is 0 Å². The minimum Gasteiger partial charge on any atom is -0.362 e. The molecular weight excluding hydrogens is 262 g/mol. The number of hydrogen-bond donors (Lipinski definition) is 1. The molecule has 4 heteroatoms. The van der Waals surface area contributed by atoms with Crippen molar-refractivity contribution in [3.63, 3.8) is 0 Å². The summed E-state index contributed by atoms with van der Waals surface area (Å²) in [7, 11) is 0. The van der Waals surface area contributed by atoms with Crippen LogP contribution >= 0.6 is 0 Å². The third-order valence-corrected chi connectivity index (χ3v) is 3.90. The summed E-state index contributed by atoms with van der Waals surface area (Å²) in [6.07, 6.45) is 11.1. The Labute approximate surface area is 124 Å². The SMILES string of the molecule is O=C(/C=C/c1ccc[nH]1)N1CCC(Cc2ccncc2)C1. The Hall–Kier alpha value is -2.36. The maximum atomic E-state index is 12.2. The highest BCUT2D eigenvalue weighted by molar-refractivity contribution is 5.91. The molecule has 0 aliphatic carbocycles. The predicted octanol–water partition coefficient (Wildman–Crippen LogP) is 2.51. The molecule has 3 heterocycles. The van der Waals surface area contributed by atoms with E-state index >= 15 is 0 Å². The first-order valence-electron chi connectivity index (χ1n) is 7.30. The molecule has 108 valence electrons. The molecule has 1 atom stereocenters. The van der Waals surface area contributed by atoms with Crippen molar-refractivity contribution in [2.75, 3.05) is 13.1 Å². The fourth-order valence-corrected chi connectivity index (χ4v) is 2.77. The van der Waals surface area contributed by atoms with Gasteiger partial charge in [0.15, 0.2) is 0 Å². The highest BCUT2D eigenvalue weighted by Crippen LogP contribution is 2.21. The largest absolute Gasteiger partial charge is 0.362 e. The average molecular weight is 281 g/mol. The molecule has 1 aliphatic rings. The first-order chi connectivity index (χ1) is 10.3. The molecule has 0 saturated carbocycles. The van der Waals surface area contributed by atoms with Gasteiger partial charge in [-0.2, -0.15) is 0 Å². The zero-order chi connectivity index (χ0) is 14.5. The molecule has 3 rings (SSSR count). The van der Waals surface area contributed by atoms with Gasteiger partial charge in [0.25, 0.3) is 0 Å². The minimum absolute atomic E-state index is 0.0989. The van der Waals surface area contributed by atoms with E-state index in [2.05, 4.69) is 22.1 Å². The number of amides is 1. The van der Waals surface area contributed by atoms with E-state index in [1.807, 2.05) is 41.7 Å². The molecule has 21 heavy (non-hydrogen) atoms. The number of pyridine rings is 1. The van der Waals surface area contributed by atoms with Crippen LogP contribution < -0.4 is 0 Å². The van der Waals surface area contributed by atoms with Gasteiger partial charge in [-0.25, -0.2) is 0 Å². The maximum Gasteiger partial charge on any atom is 0.246 e. The van der Waals surface area contributed by atoms with Gasteiger partial charge in [0.05, 0.1) is 0 Å². The molecule has 1 fully saturated rings. The van der Waals surface area contributed by atoms with Gasteiger partial charge in [0, 0.05) is 43.4 Å². The predicted molar refractivity (Wildman–Crippen MR) is 82.5 cm³/mol. The Bertz CT molecular complexity index is 604. The van der Waals surface area contributed by atoms with Crippen molar-refractivity contribution in [1.82, 2.24) is 14.9 Å². The van der Waals surface area contributed by atoms with Gasteiger partial charge < -0.3 is 9.88 Å². The van der Waals surface area contributed by atoms with Crippen LogP contribution in [0, 0.1) is 5.92 Å². The molecule has 0 radical (unpaired) electrons. The van der Waals surface area contributed by atoms with Crippen LogP contribution in [0.25, 0.3) is 6.08 Å². The summed E-state index contributed by atoms with van der Waals surface area (Å²) in [5, 5.41) is 0. The monoisotopic (exact) mass is 281 g/mol. The lowest BCUT2D eigenvalue weighted by molar-refractivity contribution is -0.125. The van der Waals surface area contributed by atoms with E-state index in [9.17, 15) is 4.79 Å². The number of aromatic amines is 1. The van der Waals surface area contributed by atoms with Crippen LogP contribution in [0.2, 0.25) is 0 Å². The van der Waals surface area contributed by atoms with E-state index in [0.717, 1.165) is 31.6 Å². The number of rotatable bonds is 4. The van der Waals surface area contributed by atoms with Gasteiger partial charge in [0.1, 0.15) is 0 Å². The van der Waals surface area contributed by atoms with E-state index in [0.29, 0.717) is 5.92 Å². The second kappa shape index (κ2) is 6.39. The molecule has 1 unspecified atom stereocenters. The van der Waals surface area contributed by atoms with Crippen LogP contribution in [-0.2, 0) is 11.2 Å². The molecule has 1 amide bonds. The van der Waals surface area contributed by atoms with Crippen molar-refractivity contribution >= 4 is 12.0 Å². The van der Waals surface area contributed by atoms with Gasteiger partial charge in [-0.1, -0.05) is 0 Å². The fourth-order valence-electron chi connectivity index (χ4n) is 2.77. The van der Waals surface area contributed by atoms with Crippen molar-refractivity contribution in [2.45, 2.75) is 12.8 Å². The van der Waals surface area contributed by atoms with E-state index in [1.165, 1.54) is 5.56 Å². The number of hydrogen-bond acceptors (Lipinski definition) is 2. The fraction of sp³-hybridized carbons (Fsp3) is 0.294. The molecule has 1 N–H and O–H groups in total. The first-order valence-corrected chi connectivity index (χ1v) is 7.30. The zero-order valence-corrected chi connectivity index (χ0v) is 11.9. The first kappa shape index (κ1) is 13.6. The van der Waals surface area contributed by atoms with Crippen LogP contribution in [0.4, 0.5) is 0 Å². The lowest BCUT2D eigenvalue weighted by Crippen LogP contribution is -2.27. The van der Waals surface area contributed by atoms with Gasteiger partial charge in [-0.05, 0) is 54.7 Å². The number of H-pyrrole nitrogens is 1. The number of aromatic nitrogens is 2. The molecule has 1 aliphatic heterocycles. The molecule has 0 spiro atoms. The van der Waals surface area contributed by atoms with E-state index < -0.39 is 0 Å². The maximum absolute atomic E-state index is 12.2. The Kier molecular flexibility index (Phi) is 4.15. The number of carbonyl (C=O) groups excluding carboxylic acids is 1. The molecule has 2 aromatic rings. The third-order valence-electron chi connectivity index (χ3n) is 3.90. The second-order valence-electron chi connectivity index (χ2n) is 5.46. The molecule has 2 aromatic heterocycles. The Balaban J connectivity index is 1.53. The average Bonchev–Trinajstić information content (AvgIpc) is 3.17. The normalized spacial score (nSPS) is 18.5. The van der Waals surface area contributed by atoms with Gasteiger partial charge >= 0.3 is 0 Å². The highest BCUT2D eigenvalue weighted by Gasteiger charge is 2.24. The van der Waals surface area contributed by atoms with Crippen LogP contribution in [0.3, 0.4) is 0 Å². The van der Waals surface area contributed by atoms with Crippen molar-refractivity contribution in [3.05, 3.63) is 60.2 Å².